The second-order valence-electron chi connectivity index (χ2n) is 7.21. The van der Waals surface area contributed by atoms with Gasteiger partial charge >= 0.3 is 0 Å². The molecule has 0 N–H and O–H groups in total. The Morgan fingerprint density at radius 1 is 1.07 bits per heavy atom. The number of sulfonamides is 1. The molecule has 28 heavy (non-hydrogen) atoms. The van der Waals surface area contributed by atoms with E-state index < -0.39 is 10.0 Å². The lowest BCUT2D eigenvalue weighted by molar-refractivity contribution is 0.0871. The molecule has 2 atom stereocenters. The molecule has 2 bridgehead atoms. The van der Waals surface area contributed by atoms with E-state index in [0.717, 1.165) is 23.5 Å². The lowest BCUT2D eigenvalue weighted by atomic mass is 9.91. The fourth-order valence-corrected chi connectivity index (χ4v) is 6.07. The molecule has 0 radical (unpaired) electrons. The SMILES string of the molecule is COc1ccc(OC)c(S(=O)(=O)N2C3CC2CN(c2ncnc(C)c2C)C3)c1. The monoisotopic (exact) mass is 404 g/mol. The fourth-order valence-electron chi connectivity index (χ4n) is 4.08. The van der Waals surface area contributed by atoms with Gasteiger partial charge in [-0.05, 0) is 32.4 Å². The van der Waals surface area contributed by atoms with Crippen molar-refractivity contribution >= 4 is 15.8 Å². The minimum atomic E-state index is -3.69. The van der Waals surface area contributed by atoms with E-state index in [1.165, 1.54) is 20.3 Å². The number of hydrogen-bond donors (Lipinski definition) is 0. The Hall–Kier alpha value is -2.39. The van der Waals surface area contributed by atoms with Gasteiger partial charge in [-0.3, -0.25) is 0 Å². The topological polar surface area (TPSA) is 84.9 Å². The van der Waals surface area contributed by atoms with Gasteiger partial charge in [0.25, 0.3) is 0 Å². The van der Waals surface area contributed by atoms with Gasteiger partial charge in [0.05, 0.1) is 14.2 Å². The summed E-state index contributed by atoms with van der Waals surface area (Å²) in [6.07, 6.45) is 2.42. The molecular weight excluding hydrogens is 380 g/mol. The maximum absolute atomic E-state index is 13.4. The summed E-state index contributed by atoms with van der Waals surface area (Å²) in [4.78, 5) is 11.0. The standard InChI is InChI=1S/C19H24N4O4S/c1-12-13(2)20-11-21-19(12)22-9-14-7-15(10-22)23(14)28(24,25)18-8-16(26-3)5-6-17(18)27-4/h5-6,8,11,14-15H,7,9-10H2,1-4H3. The average Bonchev–Trinajstić information content (AvgIpc) is 2.69. The molecule has 1 aromatic carbocycles. The Morgan fingerprint density at radius 3 is 2.43 bits per heavy atom. The number of fused-ring (bicyclic) bond motifs is 2. The van der Waals surface area contributed by atoms with Gasteiger partial charge in [0.1, 0.15) is 28.5 Å². The molecule has 3 fully saturated rings. The van der Waals surface area contributed by atoms with Gasteiger partial charge in [0.2, 0.25) is 10.0 Å². The number of rotatable bonds is 5. The van der Waals surface area contributed by atoms with E-state index in [4.69, 9.17) is 9.47 Å². The van der Waals surface area contributed by atoms with Crippen LogP contribution in [0.1, 0.15) is 17.7 Å². The molecule has 0 amide bonds. The van der Waals surface area contributed by atoms with Crippen LogP contribution in [0.15, 0.2) is 29.4 Å². The van der Waals surface area contributed by atoms with Crippen molar-refractivity contribution in [2.45, 2.75) is 37.2 Å². The van der Waals surface area contributed by atoms with Gasteiger partial charge in [-0.25, -0.2) is 18.4 Å². The largest absolute Gasteiger partial charge is 0.497 e. The highest BCUT2D eigenvalue weighted by Crippen LogP contribution is 2.41. The zero-order chi connectivity index (χ0) is 20.1. The molecule has 3 aliphatic heterocycles. The predicted octanol–water partition coefficient (Wildman–Crippen LogP) is 1.76. The first kappa shape index (κ1) is 18.9. The zero-order valence-corrected chi connectivity index (χ0v) is 17.2. The predicted molar refractivity (Wildman–Crippen MR) is 104 cm³/mol. The quantitative estimate of drug-likeness (QED) is 0.751. The minimum Gasteiger partial charge on any atom is -0.497 e. The number of benzene rings is 1. The van der Waals surface area contributed by atoms with Crippen LogP contribution in [0.3, 0.4) is 0 Å². The smallest absolute Gasteiger partial charge is 0.247 e. The highest BCUT2D eigenvalue weighted by Gasteiger charge is 2.52. The molecule has 9 heteroatoms. The van der Waals surface area contributed by atoms with Crippen molar-refractivity contribution in [3.63, 3.8) is 0 Å². The lowest BCUT2D eigenvalue weighted by Gasteiger charge is -2.55. The van der Waals surface area contributed by atoms with Crippen molar-refractivity contribution in [2.24, 2.45) is 0 Å². The number of anilines is 1. The maximum atomic E-state index is 13.4. The molecule has 4 heterocycles. The summed E-state index contributed by atoms with van der Waals surface area (Å²) in [5.74, 6) is 1.70. The van der Waals surface area contributed by atoms with Gasteiger partial charge in [-0.15, -0.1) is 0 Å². The van der Waals surface area contributed by atoms with E-state index in [0.29, 0.717) is 24.6 Å². The molecule has 0 saturated carbocycles. The lowest BCUT2D eigenvalue weighted by Crippen LogP contribution is -2.70. The van der Waals surface area contributed by atoms with Crippen molar-refractivity contribution in [2.75, 3.05) is 32.2 Å². The number of ether oxygens (including phenoxy) is 2. The molecule has 2 unspecified atom stereocenters. The maximum Gasteiger partial charge on any atom is 0.247 e. The number of aromatic nitrogens is 2. The van der Waals surface area contributed by atoms with E-state index in [1.807, 2.05) is 13.8 Å². The van der Waals surface area contributed by atoms with E-state index >= 15 is 0 Å². The van der Waals surface area contributed by atoms with Gasteiger partial charge in [0, 0.05) is 42.5 Å². The third-order valence-corrected chi connectivity index (χ3v) is 7.69. The van der Waals surface area contributed by atoms with Crippen LogP contribution in [-0.2, 0) is 10.0 Å². The summed E-state index contributed by atoms with van der Waals surface area (Å²) in [5, 5.41) is 0. The molecule has 3 saturated heterocycles. The molecule has 0 aliphatic carbocycles. The Kier molecular flexibility index (Phi) is 4.67. The summed E-state index contributed by atoms with van der Waals surface area (Å²) in [6, 6.07) is 4.67. The van der Waals surface area contributed by atoms with Crippen molar-refractivity contribution < 1.29 is 17.9 Å². The highest BCUT2D eigenvalue weighted by molar-refractivity contribution is 7.89. The first-order chi connectivity index (χ1) is 13.4. The second kappa shape index (κ2) is 6.89. The molecule has 8 nitrogen and oxygen atoms in total. The van der Waals surface area contributed by atoms with Gasteiger partial charge < -0.3 is 14.4 Å². The number of methoxy groups -OCH3 is 2. The first-order valence-corrected chi connectivity index (χ1v) is 10.6. The number of hydrogen-bond acceptors (Lipinski definition) is 7. The van der Waals surface area contributed by atoms with E-state index in [-0.39, 0.29) is 17.0 Å². The summed E-state index contributed by atoms with van der Waals surface area (Å²) < 4.78 is 38.9. The van der Waals surface area contributed by atoms with Gasteiger partial charge in [-0.2, -0.15) is 4.31 Å². The summed E-state index contributed by atoms with van der Waals surface area (Å²) in [5.41, 5.74) is 1.97. The van der Waals surface area contributed by atoms with Gasteiger partial charge in [0.15, 0.2) is 0 Å². The second-order valence-corrected chi connectivity index (χ2v) is 9.02. The Bertz CT molecular complexity index is 999. The minimum absolute atomic E-state index is 0.0886. The molecule has 0 spiro atoms. The average molecular weight is 404 g/mol. The van der Waals surface area contributed by atoms with Crippen molar-refractivity contribution in [1.29, 1.82) is 0 Å². The third kappa shape index (κ3) is 2.89. The zero-order valence-electron chi connectivity index (χ0n) is 16.4. The number of piperazine rings is 1. The normalized spacial score (nSPS) is 21.9. The van der Waals surface area contributed by atoms with Crippen molar-refractivity contribution in [1.82, 2.24) is 14.3 Å². The van der Waals surface area contributed by atoms with Crippen LogP contribution < -0.4 is 14.4 Å². The van der Waals surface area contributed by atoms with Crippen LogP contribution in [0.4, 0.5) is 5.82 Å². The van der Waals surface area contributed by atoms with Gasteiger partial charge in [-0.1, -0.05) is 0 Å². The Morgan fingerprint density at radius 2 is 1.79 bits per heavy atom. The first-order valence-electron chi connectivity index (χ1n) is 9.15. The fraction of sp³-hybridized carbons (Fsp3) is 0.474. The number of piperidine rings is 1. The Labute approximate surface area is 165 Å². The summed E-state index contributed by atoms with van der Waals surface area (Å²) >= 11 is 0. The van der Waals surface area contributed by atoms with E-state index in [9.17, 15) is 8.42 Å². The van der Waals surface area contributed by atoms with Crippen LogP contribution in [-0.4, -0.2) is 62.1 Å². The van der Waals surface area contributed by atoms with Crippen LogP contribution in [0.2, 0.25) is 0 Å². The van der Waals surface area contributed by atoms with Crippen LogP contribution in [0.25, 0.3) is 0 Å². The van der Waals surface area contributed by atoms with Crippen molar-refractivity contribution in [3.05, 3.63) is 35.8 Å². The summed E-state index contributed by atoms with van der Waals surface area (Å²) in [6.45, 7) is 5.18. The molecular formula is C19H24N4O4S. The number of nitrogens with zero attached hydrogens (tertiary/aromatic N) is 4. The van der Waals surface area contributed by atoms with Crippen LogP contribution in [0, 0.1) is 13.8 Å². The Balaban J connectivity index is 1.62. The highest BCUT2D eigenvalue weighted by atomic mass is 32.2. The molecule has 2 aromatic rings. The molecule has 3 aliphatic rings. The van der Waals surface area contributed by atoms with Crippen LogP contribution >= 0.6 is 0 Å². The summed E-state index contributed by atoms with van der Waals surface area (Å²) in [7, 11) is -0.705. The van der Waals surface area contributed by atoms with Crippen LogP contribution in [0.5, 0.6) is 11.5 Å². The molecule has 1 aromatic heterocycles. The van der Waals surface area contributed by atoms with E-state index in [1.54, 1.807) is 22.8 Å². The van der Waals surface area contributed by atoms with Crippen molar-refractivity contribution in [3.8, 4) is 11.5 Å². The van der Waals surface area contributed by atoms with E-state index in [2.05, 4.69) is 14.9 Å². The number of aryl methyl sites for hydroxylation is 1. The molecule has 150 valence electrons. The molecule has 5 rings (SSSR count). The third-order valence-electron chi connectivity index (χ3n) is 5.66.